The van der Waals surface area contributed by atoms with E-state index in [-0.39, 0.29) is 17.0 Å². The Morgan fingerprint density at radius 1 is 1.00 bits per heavy atom. The van der Waals surface area contributed by atoms with Gasteiger partial charge in [-0.3, -0.25) is 4.79 Å². The predicted octanol–water partition coefficient (Wildman–Crippen LogP) is 6.37. The number of hydrogen-bond donors (Lipinski definition) is 0. The predicted molar refractivity (Wildman–Crippen MR) is 143 cm³/mol. The Bertz CT molecular complexity index is 1520. The van der Waals surface area contributed by atoms with Crippen LogP contribution in [0.1, 0.15) is 20.8 Å². The lowest BCUT2D eigenvalue weighted by atomic mass is 10.0. The highest BCUT2D eigenvalue weighted by atomic mass is 35.5. The zero-order valence-corrected chi connectivity index (χ0v) is 21.7. The van der Waals surface area contributed by atoms with Crippen molar-refractivity contribution in [3.8, 4) is 11.1 Å². The van der Waals surface area contributed by atoms with Gasteiger partial charge >= 0.3 is 6.09 Å². The third-order valence-electron chi connectivity index (χ3n) is 6.07. The highest BCUT2D eigenvalue weighted by Gasteiger charge is 2.26. The van der Waals surface area contributed by atoms with Crippen LogP contribution in [0.3, 0.4) is 0 Å². The van der Waals surface area contributed by atoms with Gasteiger partial charge in [-0.2, -0.15) is 0 Å². The van der Waals surface area contributed by atoms with Crippen molar-refractivity contribution in [3.05, 3.63) is 68.9 Å². The lowest BCUT2D eigenvalue weighted by Crippen LogP contribution is -2.50. The van der Waals surface area contributed by atoms with Gasteiger partial charge in [-0.05, 0) is 50.6 Å². The van der Waals surface area contributed by atoms with Crippen molar-refractivity contribution >= 4 is 57.1 Å². The van der Waals surface area contributed by atoms with Crippen molar-refractivity contribution < 1.29 is 13.9 Å². The Morgan fingerprint density at radius 3 is 2.36 bits per heavy atom. The summed E-state index contributed by atoms with van der Waals surface area (Å²) in [5.41, 5.74) is 2.49. The molecule has 1 amide bonds. The normalized spacial score (nSPS) is 14.5. The van der Waals surface area contributed by atoms with Gasteiger partial charge in [0.1, 0.15) is 11.2 Å². The first kappa shape index (κ1) is 24.4. The lowest BCUT2D eigenvalue weighted by molar-refractivity contribution is 0.0240. The van der Waals surface area contributed by atoms with Gasteiger partial charge in [0.15, 0.2) is 11.1 Å². The fraction of sp³-hybridized carbons (Fsp3) is 0.296. The molecule has 5 rings (SSSR count). The molecule has 7 nitrogen and oxygen atoms in total. The SMILES string of the molecule is CC(C)(C)OC(=O)N1CCN(c2ccc(-c3c(Cl)cnc4c(=O)c5c(Cl)cccc5oc34)cc2)CC1. The quantitative estimate of drug-likeness (QED) is 0.283. The molecular weight excluding hydrogens is 501 g/mol. The molecule has 1 aliphatic rings. The number of aromatic nitrogens is 1. The molecule has 3 heterocycles. The molecule has 0 aliphatic carbocycles. The number of anilines is 1. The average molecular weight is 526 g/mol. The van der Waals surface area contributed by atoms with Crippen LogP contribution in [-0.2, 0) is 4.74 Å². The van der Waals surface area contributed by atoms with Gasteiger partial charge < -0.3 is 19.0 Å². The summed E-state index contributed by atoms with van der Waals surface area (Å²) in [6, 6.07) is 13.0. The minimum absolute atomic E-state index is 0.178. The third kappa shape index (κ3) is 4.61. The van der Waals surface area contributed by atoms with E-state index < -0.39 is 5.60 Å². The van der Waals surface area contributed by atoms with Crippen molar-refractivity contribution in [2.45, 2.75) is 26.4 Å². The van der Waals surface area contributed by atoms with Crippen molar-refractivity contribution in [1.29, 1.82) is 0 Å². The monoisotopic (exact) mass is 525 g/mol. The average Bonchev–Trinajstić information content (AvgIpc) is 2.83. The molecular formula is C27H25Cl2N3O4. The van der Waals surface area contributed by atoms with E-state index in [1.54, 1.807) is 23.1 Å². The molecule has 36 heavy (non-hydrogen) atoms. The van der Waals surface area contributed by atoms with Crippen molar-refractivity contribution in [2.24, 2.45) is 0 Å². The number of benzene rings is 2. The minimum Gasteiger partial charge on any atom is -0.453 e. The van der Waals surface area contributed by atoms with E-state index >= 15 is 0 Å². The second-order valence-electron chi connectivity index (χ2n) is 9.70. The summed E-state index contributed by atoms with van der Waals surface area (Å²) in [7, 11) is 0. The third-order valence-corrected chi connectivity index (χ3v) is 6.67. The second kappa shape index (κ2) is 9.30. The van der Waals surface area contributed by atoms with Gasteiger partial charge in [0.05, 0.1) is 15.4 Å². The van der Waals surface area contributed by atoms with Crippen molar-refractivity contribution in [3.63, 3.8) is 0 Å². The minimum atomic E-state index is -0.514. The molecule has 2 aromatic carbocycles. The molecule has 4 aromatic rings. The highest BCUT2D eigenvalue weighted by molar-refractivity contribution is 6.36. The zero-order chi connectivity index (χ0) is 25.6. The van der Waals surface area contributed by atoms with Gasteiger partial charge in [0.25, 0.3) is 0 Å². The topological polar surface area (TPSA) is 75.9 Å². The number of carbonyl (C=O) groups excluding carboxylic acids is 1. The summed E-state index contributed by atoms with van der Waals surface area (Å²) in [5, 5.41) is 0.997. The lowest BCUT2D eigenvalue weighted by Gasteiger charge is -2.36. The summed E-state index contributed by atoms with van der Waals surface area (Å²) in [4.78, 5) is 33.7. The maximum atomic E-state index is 13.1. The Labute approximate surface area is 218 Å². The first-order valence-corrected chi connectivity index (χ1v) is 12.4. The van der Waals surface area contributed by atoms with Crippen LogP contribution >= 0.6 is 23.2 Å². The standard InChI is InChI=1S/C27H25Cl2N3O4/c1-27(2,3)36-26(34)32-13-11-31(12-14-32)17-9-7-16(8-10-17)21-19(29)15-30-23-24(33)22-18(28)5-4-6-20(22)35-25(21)23/h4-10,15H,11-14H2,1-3H3. The number of carbonyl (C=O) groups is 1. The zero-order valence-electron chi connectivity index (χ0n) is 20.2. The van der Waals surface area contributed by atoms with Crippen LogP contribution in [0.15, 0.2) is 57.9 Å². The fourth-order valence-electron chi connectivity index (χ4n) is 4.35. The molecule has 1 saturated heterocycles. The number of halogens is 2. The van der Waals surface area contributed by atoms with E-state index in [0.29, 0.717) is 58.3 Å². The van der Waals surface area contributed by atoms with Crippen LogP contribution < -0.4 is 10.3 Å². The Hall–Kier alpha value is -3.29. The molecule has 0 spiro atoms. The molecule has 1 aliphatic heterocycles. The highest BCUT2D eigenvalue weighted by Crippen LogP contribution is 2.36. The number of ether oxygens (including phenoxy) is 1. The molecule has 1 fully saturated rings. The molecule has 0 bridgehead atoms. The number of fused-ring (bicyclic) bond motifs is 2. The molecule has 186 valence electrons. The van der Waals surface area contributed by atoms with Crippen LogP contribution in [0, 0.1) is 0 Å². The largest absolute Gasteiger partial charge is 0.453 e. The van der Waals surface area contributed by atoms with Crippen LogP contribution in [0.2, 0.25) is 10.0 Å². The van der Waals surface area contributed by atoms with E-state index in [2.05, 4.69) is 9.88 Å². The maximum absolute atomic E-state index is 13.1. The van der Waals surface area contributed by atoms with Gasteiger partial charge in [-0.15, -0.1) is 0 Å². The van der Waals surface area contributed by atoms with Gasteiger partial charge in [0.2, 0.25) is 5.43 Å². The number of piperazine rings is 1. The summed E-state index contributed by atoms with van der Waals surface area (Å²) < 4.78 is 11.6. The number of pyridine rings is 1. The first-order valence-electron chi connectivity index (χ1n) is 11.7. The van der Waals surface area contributed by atoms with E-state index in [1.807, 2.05) is 45.0 Å². The van der Waals surface area contributed by atoms with E-state index in [0.717, 1.165) is 11.3 Å². The van der Waals surface area contributed by atoms with Crippen LogP contribution in [-0.4, -0.2) is 47.8 Å². The Kier molecular flexibility index (Phi) is 6.30. The molecule has 0 saturated carbocycles. The van der Waals surface area contributed by atoms with Crippen LogP contribution in [0.25, 0.3) is 33.2 Å². The molecule has 2 aromatic heterocycles. The van der Waals surface area contributed by atoms with E-state index in [9.17, 15) is 9.59 Å². The van der Waals surface area contributed by atoms with E-state index in [1.165, 1.54) is 6.20 Å². The first-order chi connectivity index (χ1) is 17.1. The summed E-state index contributed by atoms with van der Waals surface area (Å²) in [5.74, 6) is 0. The van der Waals surface area contributed by atoms with Crippen LogP contribution in [0.5, 0.6) is 0 Å². The van der Waals surface area contributed by atoms with E-state index in [4.69, 9.17) is 32.4 Å². The molecule has 9 heteroatoms. The molecule has 0 radical (unpaired) electrons. The number of amides is 1. The molecule has 0 N–H and O–H groups in total. The second-order valence-corrected chi connectivity index (χ2v) is 10.5. The Morgan fingerprint density at radius 2 is 1.69 bits per heavy atom. The maximum Gasteiger partial charge on any atom is 0.410 e. The summed E-state index contributed by atoms with van der Waals surface area (Å²) in [6.45, 7) is 8.14. The molecule has 0 atom stereocenters. The summed E-state index contributed by atoms with van der Waals surface area (Å²) in [6.07, 6.45) is 1.18. The van der Waals surface area contributed by atoms with Crippen LogP contribution in [0.4, 0.5) is 10.5 Å². The van der Waals surface area contributed by atoms with Gasteiger partial charge in [-0.1, -0.05) is 41.4 Å². The summed E-state index contributed by atoms with van der Waals surface area (Å²) >= 11 is 12.8. The number of nitrogens with zero attached hydrogens (tertiary/aromatic N) is 3. The Balaban J connectivity index is 1.42. The molecule has 0 unspecified atom stereocenters. The van der Waals surface area contributed by atoms with Crippen molar-refractivity contribution in [2.75, 3.05) is 31.1 Å². The number of rotatable bonds is 2. The number of hydrogen-bond acceptors (Lipinski definition) is 6. The van der Waals surface area contributed by atoms with Crippen molar-refractivity contribution in [1.82, 2.24) is 9.88 Å². The van der Waals surface area contributed by atoms with Gasteiger partial charge in [0, 0.05) is 43.6 Å². The van der Waals surface area contributed by atoms with Gasteiger partial charge in [-0.25, -0.2) is 9.78 Å². The smallest absolute Gasteiger partial charge is 0.410 e. The fourth-order valence-corrected chi connectivity index (χ4v) is 4.85.